The minimum atomic E-state index is -1.81. The summed E-state index contributed by atoms with van der Waals surface area (Å²) in [5.41, 5.74) is 0.307. The summed E-state index contributed by atoms with van der Waals surface area (Å²) in [7, 11) is 0. The third-order valence-corrected chi connectivity index (χ3v) is 6.57. The van der Waals surface area contributed by atoms with Crippen molar-refractivity contribution < 1.29 is 19.5 Å². The van der Waals surface area contributed by atoms with Crippen LogP contribution in [-0.2, 0) is 20.8 Å². The van der Waals surface area contributed by atoms with Gasteiger partial charge >= 0.3 is 5.91 Å². The van der Waals surface area contributed by atoms with Gasteiger partial charge in [0.15, 0.2) is 5.54 Å². The van der Waals surface area contributed by atoms with Gasteiger partial charge in [0.25, 0.3) is 11.7 Å². The van der Waals surface area contributed by atoms with E-state index in [0.29, 0.717) is 22.6 Å². The van der Waals surface area contributed by atoms with Crippen molar-refractivity contribution in [2.45, 2.75) is 12.0 Å². The lowest BCUT2D eigenvalue weighted by molar-refractivity contribution is -0.132. The molecule has 0 aliphatic carbocycles. The van der Waals surface area contributed by atoms with E-state index >= 15 is 0 Å². The average Bonchev–Trinajstić information content (AvgIpc) is 3.11. The molecule has 1 atom stereocenters. The van der Waals surface area contributed by atoms with Gasteiger partial charge in [-0.3, -0.25) is 24.3 Å². The van der Waals surface area contributed by atoms with Crippen molar-refractivity contribution in [2.75, 3.05) is 10.2 Å². The molecule has 3 heterocycles. The van der Waals surface area contributed by atoms with Gasteiger partial charge in [-0.15, -0.1) is 0 Å². The number of para-hydroxylation sites is 3. The highest BCUT2D eigenvalue weighted by Crippen LogP contribution is 2.48. The lowest BCUT2D eigenvalue weighted by atomic mass is 9.80. The molecule has 1 fully saturated rings. The topological polar surface area (TPSA) is 99.6 Å². The van der Waals surface area contributed by atoms with Crippen LogP contribution >= 0.6 is 0 Å². The SMILES string of the molecule is O=C1C(=O)N2c3ccccc3NC(=O)C2(Cc2ccc3ccccc3n2)/C1=C(\O)c1ccccc1. The third kappa shape index (κ3) is 2.98. The molecule has 1 unspecified atom stereocenters. The number of nitrogens with zero attached hydrogens (tertiary/aromatic N) is 2. The molecule has 3 aromatic carbocycles. The molecule has 2 amide bonds. The fourth-order valence-electron chi connectivity index (χ4n) is 4.97. The van der Waals surface area contributed by atoms with Crippen molar-refractivity contribution in [1.82, 2.24) is 4.98 Å². The highest BCUT2D eigenvalue weighted by Gasteiger charge is 2.64. The molecule has 35 heavy (non-hydrogen) atoms. The largest absolute Gasteiger partial charge is 0.507 e. The molecule has 1 aromatic heterocycles. The van der Waals surface area contributed by atoms with E-state index in [1.807, 2.05) is 30.3 Å². The molecule has 7 heteroatoms. The molecule has 2 N–H and O–H groups in total. The summed E-state index contributed by atoms with van der Waals surface area (Å²) < 4.78 is 0. The molecule has 2 aliphatic heterocycles. The highest BCUT2D eigenvalue weighted by molar-refractivity contribution is 6.55. The van der Waals surface area contributed by atoms with Gasteiger partial charge in [0.1, 0.15) is 5.76 Å². The summed E-state index contributed by atoms with van der Waals surface area (Å²) in [5, 5.41) is 15.1. The lowest BCUT2D eigenvalue weighted by Gasteiger charge is -2.41. The first-order valence-corrected chi connectivity index (χ1v) is 11.1. The number of amides is 2. The number of fused-ring (bicyclic) bond motifs is 4. The smallest absolute Gasteiger partial charge is 0.300 e. The fraction of sp³-hybridized carbons (Fsp3) is 0.0714. The number of aromatic nitrogens is 1. The number of Topliss-reactive ketones (excluding diaryl/α,β-unsaturated/α-hetero) is 1. The van der Waals surface area contributed by atoms with E-state index in [0.717, 1.165) is 10.9 Å². The number of carbonyl (C=O) groups is 3. The number of anilines is 2. The van der Waals surface area contributed by atoms with E-state index in [-0.39, 0.29) is 12.0 Å². The predicted octanol–water partition coefficient (Wildman–Crippen LogP) is 4.05. The van der Waals surface area contributed by atoms with Crippen LogP contribution < -0.4 is 10.2 Å². The number of ketones is 1. The highest BCUT2D eigenvalue weighted by atomic mass is 16.3. The van der Waals surface area contributed by atoms with Crippen LogP contribution in [0, 0.1) is 0 Å². The quantitative estimate of drug-likeness (QED) is 0.272. The van der Waals surface area contributed by atoms with Gasteiger partial charge in [0, 0.05) is 23.1 Å². The van der Waals surface area contributed by atoms with E-state index in [4.69, 9.17) is 4.98 Å². The molecule has 7 nitrogen and oxygen atoms in total. The molecule has 0 saturated carbocycles. The van der Waals surface area contributed by atoms with Crippen molar-refractivity contribution in [3.63, 3.8) is 0 Å². The lowest BCUT2D eigenvalue weighted by Crippen LogP contribution is -2.60. The third-order valence-electron chi connectivity index (χ3n) is 6.57. The average molecular weight is 461 g/mol. The Morgan fingerprint density at radius 1 is 0.857 bits per heavy atom. The van der Waals surface area contributed by atoms with Crippen molar-refractivity contribution in [3.05, 3.63) is 108 Å². The van der Waals surface area contributed by atoms with Gasteiger partial charge in [-0.25, -0.2) is 0 Å². The summed E-state index contributed by atoms with van der Waals surface area (Å²) in [6, 6.07) is 26.4. The minimum Gasteiger partial charge on any atom is -0.507 e. The second kappa shape index (κ2) is 7.63. The predicted molar refractivity (Wildman–Crippen MR) is 132 cm³/mol. The Balaban J connectivity index is 1.63. The molecule has 0 spiro atoms. The Morgan fingerprint density at radius 3 is 2.40 bits per heavy atom. The summed E-state index contributed by atoms with van der Waals surface area (Å²) >= 11 is 0. The number of hydrogen-bond donors (Lipinski definition) is 2. The first kappa shape index (κ1) is 20.8. The Labute approximate surface area is 200 Å². The maximum Gasteiger partial charge on any atom is 0.300 e. The number of rotatable bonds is 3. The second-order valence-corrected chi connectivity index (χ2v) is 8.56. The monoisotopic (exact) mass is 461 g/mol. The van der Waals surface area contributed by atoms with Crippen LogP contribution in [-0.4, -0.2) is 33.2 Å². The van der Waals surface area contributed by atoms with Gasteiger partial charge < -0.3 is 10.4 Å². The molecule has 6 rings (SSSR count). The van der Waals surface area contributed by atoms with Gasteiger partial charge in [-0.2, -0.15) is 0 Å². The molecule has 2 aliphatic rings. The zero-order chi connectivity index (χ0) is 24.2. The number of nitrogens with one attached hydrogen (secondary N) is 1. The van der Waals surface area contributed by atoms with Crippen molar-refractivity contribution in [1.29, 1.82) is 0 Å². The van der Waals surface area contributed by atoms with Crippen LogP contribution in [0.15, 0.2) is 96.6 Å². The van der Waals surface area contributed by atoms with E-state index < -0.39 is 28.9 Å². The van der Waals surface area contributed by atoms with Crippen LogP contribution in [0.4, 0.5) is 11.4 Å². The normalized spacial score (nSPS) is 20.5. The van der Waals surface area contributed by atoms with Crippen LogP contribution in [0.2, 0.25) is 0 Å². The minimum absolute atomic E-state index is 0.0955. The summed E-state index contributed by atoms with van der Waals surface area (Å²) in [6.45, 7) is 0. The zero-order valence-corrected chi connectivity index (χ0v) is 18.4. The van der Waals surface area contributed by atoms with E-state index in [9.17, 15) is 19.5 Å². The Kier molecular flexibility index (Phi) is 4.54. The van der Waals surface area contributed by atoms with Crippen LogP contribution in [0.1, 0.15) is 11.3 Å². The van der Waals surface area contributed by atoms with Crippen molar-refractivity contribution in [3.8, 4) is 0 Å². The van der Waals surface area contributed by atoms with Crippen molar-refractivity contribution in [2.24, 2.45) is 0 Å². The number of aliphatic hydroxyl groups is 1. The first-order valence-electron chi connectivity index (χ1n) is 11.1. The Bertz CT molecular complexity index is 1580. The van der Waals surface area contributed by atoms with Gasteiger partial charge in [0.2, 0.25) is 0 Å². The van der Waals surface area contributed by atoms with Crippen LogP contribution in [0.3, 0.4) is 0 Å². The number of hydrogen-bond acceptors (Lipinski definition) is 5. The zero-order valence-electron chi connectivity index (χ0n) is 18.4. The van der Waals surface area contributed by atoms with Crippen molar-refractivity contribution >= 4 is 45.6 Å². The van der Waals surface area contributed by atoms with E-state index in [1.165, 1.54) is 4.90 Å². The molecular weight excluding hydrogens is 442 g/mol. The molecule has 170 valence electrons. The molecule has 0 bridgehead atoms. The molecule has 0 radical (unpaired) electrons. The summed E-state index contributed by atoms with van der Waals surface area (Å²) in [4.78, 5) is 46.6. The Morgan fingerprint density at radius 2 is 1.57 bits per heavy atom. The first-order chi connectivity index (χ1) is 17.0. The van der Waals surface area contributed by atoms with E-state index in [2.05, 4.69) is 5.32 Å². The standard InChI is InChI=1S/C28H19N3O4/c32-24(18-9-2-1-3-10-18)23-25(33)26(34)31-22-13-7-6-12-21(22)30-27(35)28(23,31)16-19-15-14-17-8-4-5-11-20(17)29-19/h1-15,32H,16H2,(H,30,35)/b24-23-. The van der Waals surface area contributed by atoms with Gasteiger partial charge in [-0.05, 0) is 24.3 Å². The molecule has 4 aromatic rings. The Hall–Kier alpha value is -4.78. The van der Waals surface area contributed by atoms with Gasteiger partial charge in [-0.1, -0.05) is 66.7 Å². The summed E-state index contributed by atoms with van der Waals surface area (Å²) in [6.07, 6.45) is -0.0955. The summed E-state index contributed by atoms with van der Waals surface area (Å²) in [5.74, 6) is -2.77. The number of aliphatic hydroxyl groups excluding tert-OH is 1. The second-order valence-electron chi connectivity index (χ2n) is 8.56. The van der Waals surface area contributed by atoms with Crippen LogP contribution in [0.5, 0.6) is 0 Å². The maximum atomic E-state index is 13.8. The van der Waals surface area contributed by atoms with E-state index in [1.54, 1.807) is 60.7 Å². The number of carbonyl (C=O) groups excluding carboxylic acids is 3. The van der Waals surface area contributed by atoms with Crippen LogP contribution in [0.25, 0.3) is 16.7 Å². The fourth-order valence-corrected chi connectivity index (χ4v) is 4.97. The molecule has 1 saturated heterocycles. The van der Waals surface area contributed by atoms with Gasteiger partial charge in [0.05, 0.1) is 22.5 Å². The number of benzene rings is 3. The maximum absolute atomic E-state index is 13.8. The number of pyridine rings is 1. The molecular formula is C28H19N3O4.